The van der Waals surface area contributed by atoms with Gasteiger partial charge in [0.25, 0.3) is 0 Å². The third-order valence-corrected chi connectivity index (χ3v) is 4.69. The van der Waals surface area contributed by atoms with E-state index in [9.17, 15) is 9.59 Å². The van der Waals surface area contributed by atoms with E-state index in [2.05, 4.69) is 5.16 Å². The van der Waals surface area contributed by atoms with Gasteiger partial charge >= 0.3 is 5.97 Å². The fourth-order valence-corrected chi connectivity index (χ4v) is 3.23. The number of halogens is 1. The van der Waals surface area contributed by atoms with Crippen molar-refractivity contribution in [3.63, 3.8) is 0 Å². The number of ketones is 1. The van der Waals surface area contributed by atoms with Gasteiger partial charge in [0, 0.05) is 21.4 Å². The first kappa shape index (κ1) is 16.1. The van der Waals surface area contributed by atoms with Crippen LogP contribution in [0.5, 0.6) is 0 Å². The fourth-order valence-electron chi connectivity index (χ4n) is 2.37. The molecule has 1 aromatic heterocycles. The number of nitrogens with zero attached hydrogens (tertiary/aromatic N) is 1. The molecular formula is C16H14ClNO4S. The van der Waals surface area contributed by atoms with Crippen molar-refractivity contribution >= 4 is 35.1 Å². The first-order valence-corrected chi connectivity index (χ1v) is 8.63. The summed E-state index contributed by atoms with van der Waals surface area (Å²) in [6, 6.07) is 5.03. The first-order chi connectivity index (χ1) is 11.1. The van der Waals surface area contributed by atoms with Crippen molar-refractivity contribution in [3.05, 3.63) is 45.8 Å². The molecule has 1 fully saturated rings. The predicted octanol–water partition coefficient (Wildman–Crippen LogP) is 3.94. The summed E-state index contributed by atoms with van der Waals surface area (Å²) in [6.45, 7) is 0. The molecular weight excluding hydrogens is 338 g/mol. The second-order valence-corrected chi connectivity index (χ2v) is 6.49. The number of carbonyl (C=O) groups excluding carboxylic acids is 2. The Morgan fingerprint density at radius 1 is 1.39 bits per heavy atom. The lowest BCUT2D eigenvalue weighted by Crippen LogP contribution is -2.12. The quantitative estimate of drug-likeness (QED) is 0.461. The zero-order chi connectivity index (χ0) is 16.6. The van der Waals surface area contributed by atoms with Crippen LogP contribution in [-0.4, -0.2) is 30.3 Å². The van der Waals surface area contributed by atoms with E-state index in [4.69, 9.17) is 20.9 Å². The van der Waals surface area contributed by atoms with Crippen molar-refractivity contribution in [1.29, 1.82) is 0 Å². The number of carbonyl (C=O) groups is 2. The van der Waals surface area contributed by atoms with Gasteiger partial charge in [-0.05, 0) is 37.3 Å². The molecule has 0 atom stereocenters. The Kier molecular flexibility index (Phi) is 4.46. The summed E-state index contributed by atoms with van der Waals surface area (Å²) in [5, 5.41) is 4.31. The minimum Gasteiger partial charge on any atom is -0.464 e. The molecule has 0 spiro atoms. The van der Waals surface area contributed by atoms with Crippen molar-refractivity contribution in [1.82, 2.24) is 5.16 Å². The molecule has 0 N–H and O–H groups in total. The number of methoxy groups -OCH3 is 1. The molecule has 0 unspecified atom stereocenters. The molecule has 23 heavy (non-hydrogen) atoms. The normalized spacial score (nSPS) is 13.9. The topological polar surface area (TPSA) is 69.4 Å². The molecule has 3 rings (SSSR count). The highest BCUT2D eigenvalue weighted by Crippen LogP contribution is 2.43. The highest BCUT2D eigenvalue weighted by molar-refractivity contribution is 7.98. The monoisotopic (exact) mass is 351 g/mol. The zero-order valence-electron chi connectivity index (χ0n) is 12.6. The largest absolute Gasteiger partial charge is 0.464 e. The molecule has 0 amide bonds. The molecule has 0 bridgehead atoms. The minimum atomic E-state index is -0.677. The Hall–Kier alpha value is -1.79. The van der Waals surface area contributed by atoms with Gasteiger partial charge in [0.2, 0.25) is 5.69 Å². The van der Waals surface area contributed by atoms with E-state index in [-0.39, 0.29) is 23.0 Å². The van der Waals surface area contributed by atoms with Crippen molar-refractivity contribution < 1.29 is 18.8 Å². The Bertz CT molecular complexity index is 782. The van der Waals surface area contributed by atoms with Crippen LogP contribution in [0.3, 0.4) is 0 Å². The lowest BCUT2D eigenvalue weighted by molar-refractivity contribution is 0.0586. The summed E-state index contributed by atoms with van der Waals surface area (Å²) in [7, 11) is 1.25. The lowest BCUT2D eigenvalue weighted by Gasteiger charge is -2.07. The number of esters is 1. The average molecular weight is 352 g/mol. The van der Waals surface area contributed by atoms with Crippen molar-refractivity contribution in [2.45, 2.75) is 23.7 Å². The first-order valence-electron chi connectivity index (χ1n) is 7.03. The van der Waals surface area contributed by atoms with E-state index in [1.54, 1.807) is 18.2 Å². The van der Waals surface area contributed by atoms with Crippen LogP contribution in [0.25, 0.3) is 0 Å². The van der Waals surface area contributed by atoms with E-state index in [0.29, 0.717) is 16.3 Å². The van der Waals surface area contributed by atoms with Gasteiger partial charge in [-0.3, -0.25) is 4.79 Å². The standard InChI is InChI=1S/C16H14ClNO4S/c1-21-16(20)13-12(15(22-18-13)8-3-4-8)14(19)10-6-5-9(17)7-11(10)23-2/h5-8H,3-4H2,1-2H3. The predicted molar refractivity (Wildman–Crippen MR) is 86.5 cm³/mol. The molecule has 1 aliphatic carbocycles. The summed E-state index contributed by atoms with van der Waals surface area (Å²) < 4.78 is 9.99. The summed E-state index contributed by atoms with van der Waals surface area (Å²) in [5.41, 5.74) is 0.607. The van der Waals surface area contributed by atoms with Crippen LogP contribution in [-0.2, 0) is 4.74 Å². The second kappa shape index (κ2) is 6.37. The van der Waals surface area contributed by atoms with Gasteiger partial charge in [0.05, 0.1) is 7.11 Å². The molecule has 1 aromatic carbocycles. The Labute approximate surface area is 142 Å². The number of benzene rings is 1. The summed E-state index contributed by atoms with van der Waals surface area (Å²) in [4.78, 5) is 25.7. The smallest absolute Gasteiger partial charge is 0.361 e. The number of ether oxygens (including phenoxy) is 1. The number of aromatic nitrogens is 1. The molecule has 2 aromatic rings. The molecule has 120 valence electrons. The number of hydrogen-bond acceptors (Lipinski definition) is 6. The maximum absolute atomic E-state index is 13.0. The van der Waals surface area contributed by atoms with Gasteiger partial charge in [0.15, 0.2) is 11.5 Å². The summed E-state index contributed by atoms with van der Waals surface area (Å²) in [6.07, 6.45) is 3.71. The molecule has 1 heterocycles. The van der Waals surface area contributed by atoms with E-state index in [0.717, 1.165) is 17.7 Å². The van der Waals surface area contributed by atoms with Gasteiger partial charge in [-0.25, -0.2) is 4.79 Å². The van der Waals surface area contributed by atoms with E-state index >= 15 is 0 Å². The molecule has 1 aliphatic rings. The van der Waals surface area contributed by atoms with Gasteiger partial charge < -0.3 is 9.26 Å². The highest BCUT2D eigenvalue weighted by Gasteiger charge is 2.37. The molecule has 0 radical (unpaired) electrons. The average Bonchev–Trinajstić information content (AvgIpc) is 3.31. The van der Waals surface area contributed by atoms with E-state index < -0.39 is 5.97 Å². The molecule has 1 saturated carbocycles. The zero-order valence-corrected chi connectivity index (χ0v) is 14.2. The minimum absolute atomic E-state index is 0.0681. The second-order valence-electron chi connectivity index (χ2n) is 5.21. The van der Waals surface area contributed by atoms with Crippen LogP contribution < -0.4 is 0 Å². The molecule has 7 heteroatoms. The Balaban J connectivity index is 2.12. The van der Waals surface area contributed by atoms with Crippen LogP contribution in [0.1, 0.15) is 50.9 Å². The van der Waals surface area contributed by atoms with Gasteiger partial charge in [-0.1, -0.05) is 16.8 Å². The van der Waals surface area contributed by atoms with Gasteiger partial charge in [-0.2, -0.15) is 0 Å². The molecule has 0 aliphatic heterocycles. The fraction of sp³-hybridized carbons (Fsp3) is 0.312. The third kappa shape index (κ3) is 3.01. The van der Waals surface area contributed by atoms with Crippen molar-refractivity contribution in [3.8, 4) is 0 Å². The highest BCUT2D eigenvalue weighted by atomic mass is 35.5. The number of rotatable bonds is 5. The van der Waals surface area contributed by atoms with E-state index in [1.807, 2.05) is 6.26 Å². The van der Waals surface area contributed by atoms with Gasteiger partial charge in [-0.15, -0.1) is 11.8 Å². The van der Waals surface area contributed by atoms with Crippen molar-refractivity contribution in [2.24, 2.45) is 0 Å². The lowest BCUT2D eigenvalue weighted by atomic mass is 9.99. The maximum atomic E-state index is 13.0. The van der Waals surface area contributed by atoms with Crippen molar-refractivity contribution in [2.75, 3.05) is 13.4 Å². The number of hydrogen-bond donors (Lipinski definition) is 0. The Morgan fingerprint density at radius 3 is 2.74 bits per heavy atom. The molecule has 5 nitrogen and oxygen atoms in total. The molecule has 0 saturated heterocycles. The van der Waals surface area contributed by atoms with E-state index in [1.165, 1.54) is 18.9 Å². The van der Waals surface area contributed by atoms with Gasteiger partial charge in [0.1, 0.15) is 5.56 Å². The maximum Gasteiger partial charge on any atom is 0.361 e. The van der Waals surface area contributed by atoms with Crippen LogP contribution >= 0.6 is 23.4 Å². The van der Waals surface area contributed by atoms with Crippen LogP contribution in [0.4, 0.5) is 0 Å². The van der Waals surface area contributed by atoms with Crippen LogP contribution in [0, 0.1) is 0 Å². The summed E-state index contributed by atoms with van der Waals surface area (Å²) >= 11 is 7.40. The van der Waals surface area contributed by atoms with Crippen LogP contribution in [0.2, 0.25) is 5.02 Å². The summed E-state index contributed by atoms with van der Waals surface area (Å²) in [5.74, 6) is -0.361. The Morgan fingerprint density at radius 2 is 2.13 bits per heavy atom. The van der Waals surface area contributed by atoms with Crippen LogP contribution in [0.15, 0.2) is 27.6 Å². The number of thioether (sulfide) groups is 1. The SMILES string of the molecule is COC(=O)c1noc(C2CC2)c1C(=O)c1ccc(Cl)cc1SC. The third-order valence-electron chi connectivity index (χ3n) is 3.68.